The Morgan fingerprint density at radius 2 is 1.69 bits per heavy atom. The third-order valence-corrected chi connectivity index (χ3v) is 5.40. The van der Waals surface area contributed by atoms with Gasteiger partial charge in [-0.3, -0.25) is 19.4 Å². The Morgan fingerprint density at radius 1 is 1.07 bits per heavy atom. The van der Waals surface area contributed by atoms with Gasteiger partial charge >= 0.3 is 0 Å². The van der Waals surface area contributed by atoms with Gasteiger partial charge < -0.3 is 8.98 Å². The summed E-state index contributed by atoms with van der Waals surface area (Å²) in [5.74, 6) is 0.355. The van der Waals surface area contributed by atoms with Crippen molar-refractivity contribution >= 4 is 46.5 Å². The fourth-order valence-electron chi connectivity index (χ4n) is 3.44. The van der Waals surface area contributed by atoms with Crippen LogP contribution in [0.5, 0.6) is 0 Å². The van der Waals surface area contributed by atoms with Crippen molar-refractivity contribution in [3.8, 4) is 11.4 Å². The molecule has 7 nitrogen and oxygen atoms in total. The van der Waals surface area contributed by atoms with Gasteiger partial charge in [0, 0.05) is 31.8 Å². The van der Waals surface area contributed by atoms with Crippen LogP contribution in [0.1, 0.15) is 19.6 Å². The molecule has 29 heavy (non-hydrogen) atoms. The highest BCUT2D eigenvalue weighted by atomic mass is 32.1. The Balaban J connectivity index is 1.75. The second-order valence-electron chi connectivity index (χ2n) is 6.64. The average molecular weight is 408 g/mol. The highest BCUT2D eigenvalue weighted by Crippen LogP contribution is 2.28. The van der Waals surface area contributed by atoms with Crippen LogP contribution in [0.2, 0.25) is 0 Å². The van der Waals surface area contributed by atoms with Crippen LogP contribution in [0.25, 0.3) is 28.7 Å². The van der Waals surface area contributed by atoms with Gasteiger partial charge in [-0.15, -0.1) is 0 Å². The molecule has 0 radical (unpaired) electrons. The minimum Gasteiger partial charge on any atom is -0.437 e. The molecule has 2 aromatic heterocycles. The molecule has 3 heterocycles. The molecule has 0 aliphatic carbocycles. The van der Waals surface area contributed by atoms with E-state index >= 15 is 0 Å². The second-order valence-corrected chi connectivity index (χ2v) is 7.00. The summed E-state index contributed by atoms with van der Waals surface area (Å²) >= 11 is 5.28. The maximum absolute atomic E-state index is 12.8. The Kier molecular flexibility index (Phi) is 4.79. The highest BCUT2D eigenvalue weighted by molar-refractivity contribution is 7.80. The van der Waals surface area contributed by atoms with Crippen LogP contribution in [0, 0.1) is 0 Å². The zero-order chi connectivity index (χ0) is 20.7. The smallest absolute Gasteiger partial charge is 0.265 e. The number of rotatable bonds is 4. The van der Waals surface area contributed by atoms with E-state index in [9.17, 15) is 9.59 Å². The third kappa shape index (κ3) is 3.05. The van der Waals surface area contributed by atoms with Crippen molar-refractivity contribution in [1.82, 2.24) is 19.4 Å². The number of likely N-dealkylation sites (N-methyl/N-ethyl adjacent to an activating group) is 2. The second kappa shape index (κ2) is 7.29. The van der Waals surface area contributed by atoms with E-state index in [4.69, 9.17) is 16.6 Å². The molecule has 1 fully saturated rings. The number of imidazole rings is 1. The van der Waals surface area contributed by atoms with E-state index in [0.717, 1.165) is 16.9 Å². The van der Waals surface area contributed by atoms with E-state index in [1.54, 1.807) is 6.07 Å². The first kappa shape index (κ1) is 19.1. The summed E-state index contributed by atoms with van der Waals surface area (Å²) in [6.45, 7) is 4.42. The van der Waals surface area contributed by atoms with Crippen molar-refractivity contribution in [3.63, 3.8) is 0 Å². The van der Waals surface area contributed by atoms with Crippen LogP contribution in [0.15, 0.2) is 46.4 Å². The first-order chi connectivity index (χ1) is 14.0. The summed E-state index contributed by atoms with van der Waals surface area (Å²) < 4.78 is 7.76. The number of thiocarbonyl (C=S) groups is 1. The third-order valence-electron chi connectivity index (χ3n) is 4.96. The monoisotopic (exact) mass is 408 g/mol. The number of nitrogens with zero attached hydrogens (tertiary/aromatic N) is 4. The summed E-state index contributed by atoms with van der Waals surface area (Å²) in [5.41, 5.74) is 2.24. The number of carbonyl (C=O) groups is 2. The molecule has 1 saturated heterocycles. The molecule has 0 bridgehead atoms. The molecule has 148 valence electrons. The number of aryl methyl sites for hydroxylation is 1. The van der Waals surface area contributed by atoms with Gasteiger partial charge in [0.1, 0.15) is 22.7 Å². The maximum atomic E-state index is 12.8. The Morgan fingerprint density at radius 3 is 2.24 bits per heavy atom. The van der Waals surface area contributed by atoms with Crippen molar-refractivity contribution in [2.75, 3.05) is 13.1 Å². The zero-order valence-corrected chi connectivity index (χ0v) is 17.2. The molecule has 4 rings (SSSR count). The molecule has 0 saturated carbocycles. The van der Waals surface area contributed by atoms with E-state index < -0.39 is 11.8 Å². The normalized spacial score (nSPS) is 15.0. The van der Waals surface area contributed by atoms with Crippen LogP contribution in [0.3, 0.4) is 0 Å². The highest BCUT2D eigenvalue weighted by Gasteiger charge is 2.38. The summed E-state index contributed by atoms with van der Waals surface area (Å²) in [6.07, 6.45) is 1.47. The van der Waals surface area contributed by atoms with E-state index in [1.807, 2.05) is 55.8 Å². The number of furan rings is 1. The molecule has 3 aromatic rings. The Bertz CT molecular complexity index is 1130. The van der Waals surface area contributed by atoms with Crippen molar-refractivity contribution in [2.45, 2.75) is 13.8 Å². The summed E-state index contributed by atoms with van der Waals surface area (Å²) in [5, 5.41) is 0.237. The number of hydrogen-bond acceptors (Lipinski definition) is 5. The largest absolute Gasteiger partial charge is 0.437 e. The lowest BCUT2D eigenvalue weighted by atomic mass is 10.1. The number of aromatic nitrogens is 2. The van der Waals surface area contributed by atoms with Gasteiger partial charge in [-0.2, -0.15) is 4.98 Å². The lowest BCUT2D eigenvalue weighted by Crippen LogP contribution is -2.55. The van der Waals surface area contributed by atoms with Crippen molar-refractivity contribution in [1.29, 1.82) is 0 Å². The molecule has 0 spiro atoms. The van der Waals surface area contributed by atoms with E-state index in [2.05, 4.69) is 4.98 Å². The van der Waals surface area contributed by atoms with Crippen LogP contribution in [-0.2, 0) is 16.6 Å². The van der Waals surface area contributed by atoms with Crippen LogP contribution in [0.4, 0.5) is 0 Å². The van der Waals surface area contributed by atoms with Gasteiger partial charge in [0.15, 0.2) is 5.11 Å². The fraction of sp³-hybridized carbons (Fsp3) is 0.238. The molecule has 0 unspecified atom stereocenters. The van der Waals surface area contributed by atoms with Crippen LogP contribution >= 0.6 is 12.2 Å². The van der Waals surface area contributed by atoms with E-state index in [-0.39, 0.29) is 10.7 Å². The summed E-state index contributed by atoms with van der Waals surface area (Å²) in [4.78, 5) is 32.9. The number of fused-ring (bicyclic) bond motifs is 1. The molecule has 1 aliphatic rings. The topological polar surface area (TPSA) is 71.6 Å². The number of carbonyl (C=O) groups excluding carboxylic acids is 2. The molecule has 0 atom stereocenters. The van der Waals surface area contributed by atoms with Crippen molar-refractivity contribution in [2.24, 2.45) is 7.05 Å². The quantitative estimate of drug-likeness (QED) is 0.377. The van der Waals surface area contributed by atoms with Crippen LogP contribution < -0.4 is 0 Å². The van der Waals surface area contributed by atoms with Crippen molar-refractivity contribution in [3.05, 3.63) is 47.7 Å². The first-order valence-electron chi connectivity index (χ1n) is 9.37. The molecule has 8 heteroatoms. The molecule has 0 N–H and O–H groups in total. The SMILES string of the molecule is CCN1C(=O)C(=Cc2cc3c(nc(-c4ccccc4)n3C)o2)C(=O)N(CC)C1=S. The molecular weight excluding hydrogens is 388 g/mol. The Labute approximate surface area is 173 Å². The lowest BCUT2D eigenvalue weighted by molar-refractivity contribution is -0.133. The van der Waals surface area contributed by atoms with E-state index in [1.165, 1.54) is 15.9 Å². The van der Waals surface area contributed by atoms with Gasteiger partial charge in [-0.1, -0.05) is 30.3 Å². The van der Waals surface area contributed by atoms with Gasteiger partial charge in [0.25, 0.3) is 11.8 Å². The molecule has 2 amide bonds. The maximum Gasteiger partial charge on any atom is 0.265 e. The fourth-order valence-corrected chi connectivity index (χ4v) is 3.86. The van der Waals surface area contributed by atoms with E-state index in [0.29, 0.717) is 24.6 Å². The van der Waals surface area contributed by atoms with Crippen molar-refractivity contribution < 1.29 is 14.0 Å². The summed E-state index contributed by atoms with van der Waals surface area (Å²) in [6, 6.07) is 11.6. The van der Waals surface area contributed by atoms with Gasteiger partial charge in [0.05, 0.1) is 0 Å². The molecular formula is C21H20N4O3S. The minimum absolute atomic E-state index is 0.0321. The number of hydrogen-bond donors (Lipinski definition) is 0. The van der Waals surface area contributed by atoms with Gasteiger partial charge in [-0.25, -0.2) is 0 Å². The lowest BCUT2D eigenvalue weighted by Gasteiger charge is -2.35. The number of amides is 2. The van der Waals surface area contributed by atoms with Gasteiger partial charge in [-0.05, 0) is 32.1 Å². The molecule has 1 aliphatic heterocycles. The summed E-state index contributed by atoms with van der Waals surface area (Å²) in [7, 11) is 1.90. The van der Waals surface area contributed by atoms with Crippen LogP contribution in [-0.4, -0.2) is 49.4 Å². The molecule has 1 aromatic carbocycles. The average Bonchev–Trinajstić information content (AvgIpc) is 3.25. The minimum atomic E-state index is -0.411. The predicted octanol–water partition coefficient (Wildman–Crippen LogP) is 3.21. The Hall–Kier alpha value is -3.26. The standard InChI is InChI=1S/C21H20N4O3S/c1-4-24-19(26)15(20(27)25(5-2)21(24)29)11-14-12-16-18(28-14)22-17(23(16)3)13-9-7-6-8-10-13/h6-12H,4-5H2,1-3H3. The number of benzene rings is 1. The van der Waals surface area contributed by atoms with Gasteiger partial charge in [0.2, 0.25) is 5.71 Å². The first-order valence-corrected chi connectivity index (χ1v) is 9.78. The zero-order valence-electron chi connectivity index (χ0n) is 16.4. The predicted molar refractivity (Wildman–Crippen MR) is 114 cm³/mol.